The van der Waals surface area contributed by atoms with Gasteiger partial charge in [-0.1, -0.05) is 0 Å². The lowest BCUT2D eigenvalue weighted by atomic mass is 9.88. The second-order valence-electron chi connectivity index (χ2n) is 29.1. The van der Waals surface area contributed by atoms with Gasteiger partial charge in [-0.25, -0.2) is 46.0 Å². The Hall–Kier alpha value is -7.92. The highest BCUT2D eigenvalue weighted by molar-refractivity contribution is 7.84. The summed E-state index contributed by atoms with van der Waals surface area (Å²) in [6, 6.07) is 26.4. The van der Waals surface area contributed by atoms with Crippen LogP contribution in [0.15, 0.2) is 103 Å². The topological polar surface area (TPSA) is 307 Å². The molecule has 9 N–H and O–H groups in total. The maximum Gasteiger partial charge on any atom is 0.180 e. The van der Waals surface area contributed by atoms with Crippen LogP contribution < -0.4 is 35.1 Å². The van der Waals surface area contributed by atoms with Gasteiger partial charge in [0.25, 0.3) is 0 Å². The first-order valence-corrected chi connectivity index (χ1v) is 34.7. The highest BCUT2D eigenvalue weighted by Crippen LogP contribution is 2.48. The fourth-order valence-electron chi connectivity index (χ4n) is 11.4. The summed E-state index contributed by atoms with van der Waals surface area (Å²) in [6.45, 7) is 26.1. The number of hydrogen-bond acceptors (Lipinski definition) is 17. The second kappa shape index (κ2) is 28.2. The van der Waals surface area contributed by atoms with Crippen molar-refractivity contribution in [3.05, 3.63) is 177 Å². The van der Waals surface area contributed by atoms with Gasteiger partial charge in [0.2, 0.25) is 0 Å². The minimum absolute atomic E-state index is 0.0272. The van der Waals surface area contributed by atoms with Crippen molar-refractivity contribution in [2.24, 2.45) is 25.6 Å². The molecule has 99 heavy (non-hydrogen) atoms. The third-order valence-corrected chi connectivity index (χ3v) is 21.2. The van der Waals surface area contributed by atoms with E-state index in [1.54, 1.807) is 106 Å². The van der Waals surface area contributed by atoms with Gasteiger partial charge in [-0.15, -0.1) is 0 Å². The molecule has 3 aliphatic heterocycles. The number of ketones is 2. The van der Waals surface area contributed by atoms with E-state index in [1.165, 1.54) is 41.1 Å². The number of benzene rings is 3. The van der Waals surface area contributed by atoms with E-state index in [4.69, 9.17) is 30.7 Å². The highest BCUT2D eigenvalue weighted by Gasteiger charge is 2.46. The molecule has 3 aliphatic rings. The summed E-state index contributed by atoms with van der Waals surface area (Å²) in [5.41, 5.74) is 14.6. The summed E-state index contributed by atoms with van der Waals surface area (Å²) in [6.07, 6.45) is 0.472. The van der Waals surface area contributed by atoms with Crippen molar-refractivity contribution in [1.82, 2.24) is 44.0 Å². The molecular weight excluding hydrogens is 1310 g/mol. The number of nitrogens with two attached hydrogens (primary N) is 2. The summed E-state index contributed by atoms with van der Waals surface area (Å²) >= 11 is 0. The van der Waals surface area contributed by atoms with Crippen molar-refractivity contribution in [2.75, 3.05) is 26.4 Å². The number of aryl methyl sites for hydroxylation is 4. The van der Waals surface area contributed by atoms with Crippen LogP contribution in [0.25, 0.3) is 33.8 Å². The number of aliphatic hydroxyl groups is 3. The van der Waals surface area contributed by atoms with Gasteiger partial charge in [0.15, 0.2) is 28.8 Å². The van der Waals surface area contributed by atoms with Crippen molar-refractivity contribution in [1.29, 1.82) is 0 Å². The molecule has 11 rings (SSSR count). The van der Waals surface area contributed by atoms with Crippen LogP contribution in [0.3, 0.4) is 0 Å². The molecule has 0 aliphatic carbocycles. The Kier molecular flexibility index (Phi) is 21.5. The summed E-state index contributed by atoms with van der Waals surface area (Å²) < 4.78 is 92.8. The Bertz CT molecular complexity index is 4390. The standard InChI is InChI=1S/C28H35FN4O4S.C24H27FN4O3.C21H28FN3O3S/c1-17-14-21(33(7)31-17)22(34)12-13-28(6,35)23-15-20-25(24(30-23)18-8-10-19(29)11-9-18)37-16-27(20,5)32-38(36)26(2,3)4;1-14-11-18(29(4)28-14)19(30)9-10-24(3,31)20-12-17-22(32-13-23(17,2)26)21(27-20)15-5-7-16(25)8-6-15;1-19(2,3)29(27)25-20(4)12-28-18-15(20)10-16(21(5,26)11-23)24-17(18)13-6-8-14(22)9-7-13/h8-11,14-15,32,35H,12-13,16H2,1-7H3;5-8,11-12,31H,9-10,13,26H2,1-4H3;6-10,25-26H,11-12,23H2,1-5H3. The molecule has 8 aromatic rings. The molecule has 26 heteroatoms. The molecule has 8 heterocycles. The summed E-state index contributed by atoms with van der Waals surface area (Å²) in [4.78, 5) is 39.6. The zero-order valence-corrected chi connectivity index (χ0v) is 60.5. The van der Waals surface area contributed by atoms with E-state index in [1.807, 2.05) is 76.2 Å². The number of nitrogens with zero attached hydrogens (tertiary/aromatic N) is 7. The molecule has 0 amide bonds. The number of pyridine rings is 3. The minimum atomic E-state index is -1.47. The number of nitrogens with one attached hydrogen (secondary N) is 2. The highest BCUT2D eigenvalue weighted by atomic mass is 32.2. The lowest BCUT2D eigenvalue weighted by Gasteiger charge is -2.30. The molecule has 8 atom stereocenters. The predicted molar refractivity (Wildman–Crippen MR) is 374 cm³/mol. The van der Waals surface area contributed by atoms with Crippen LogP contribution in [-0.2, 0) is 69.5 Å². The van der Waals surface area contributed by atoms with Gasteiger partial charge in [-0.2, -0.15) is 10.2 Å². The predicted octanol–water partition coefficient (Wildman–Crippen LogP) is 10.5. The maximum absolute atomic E-state index is 13.7. The lowest BCUT2D eigenvalue weighted by Crippen LogP contribution is -2.47. The Morgan fingerprint density at radius 1 is 0.525 bits per heavy atom. The molecule has 0 radical (unpaired) electrons. The average Bonchev–Trinajstić information content (AvgIpc) is 1.69. The van der Waals surface area contributed by atoms with Gasteiger partial charge in [0, 0.05) is 66.9 Å². The zero-order valence-electron chi connectivity index (χ0n) is 58.9. The molecule has 0 saturated heterocycles. The summed E-state index contributed by atoms with van der Waals surface area (Å²) in [5, 5.41) is 42.1. The molecule has 8 unspecified atom stereocenters. The molecule has 3 aromatic carbocycles. The largest absolute Gasteiger partial charge is 0.489 e. The second-order valence-corrected chi connectivity index (χ2v) is 33.0. The molecule has 0 fully saturated rings. The van der Waals surface area contributed by atoms with Gasteiger partial charge in [-0.3, -0.25) is 19.0 Å². The first kappa shape index (κ1) is 75.3. The van der Waals surface area contributed by atoms with Crippen molar-refractivity contribution < 1.29 is 60.7 Å². The first-order valence-electron chi connectivity index (χ1n) is 32.4. The Balaban J connectivity index is 0.000000175. The van der Waals surface area contributed by atoms with Crippen LogP contribution in [0, 0.1) is 31.3 Å². The van der Waals surface area contributed by atoms with Gasteiger partial charge in [0.05, 0.1) is 76.6 Å². The smallest absolute Gasteiger partial charge is 0.180 e. The number of Topliss-reactive ketones (excluding diaryl/α,β-unsaturated/α-hetero) is 2. The molecule has 530 valence electrons. The first-order chi connectivity index (χ1) is 46.0. The van der Waals surface area contributed by atoms with Crippen molar-refractivity contribution in [3.63, 3.8) is 0 Å². The SMILES string of the molecule is CC(O)(CN)c1cc2c(c(-c3ccc(F)cc3)n1)OCC2(C)NS(=O)C(C)(C)C.Cc1cc(C(=O)CCC(C)(O)c2cc3c(c(-c4ccc(F)cc4)n2)OCC3(C)N)n(C)n1.Cc1cc(C(=O)CCC(C)(O)c2cc3c(c(-c4ccc(F)cc4)n2)OCC3(C)NS(=O)C(C)(C)C)n(C)n1. The molecule has 21 nitrogen and oxygen atoms in total. The summed E-state index contributed by atoms with van der Waals surface area (Å²) in [5.74, 6) is 0.190. The number of aromatic nitrogens is 7. The number of fused-ring (bicyclic) bond motifs is 3. The van der Waals surface area contributed by atoms with E-state index in [2.05, 4.69) is 29.6 Å². The van der Waals surface area contributed by atoms with Crippen LogP contribution in [0.5, 0.6) is 17.2 Å². The van der Waals surface area contributed by atoms with E-state index >= 15 is 0 Å². The third-order valence-electron chi connectivity index (χ3n) is 17.7. The van der Waals surface area contributed by atoms with Gasteiger partial charge in [0.1, 0.15) is 82.5 Å². The Labute approximate surface area is 580 Å². The number of halogens is 3. The van der Waals surface area contributed by atoms with Crippen LogP contribution in [0.1, 0.15) is 175 Å². The summed E-state index contributed by atoms with van der Waals surface area (Å²) in [7, 11) is 0.686. The molecule has 0 spiro atoms. The molecule has 5 aromatic heterocycles. The van der Waals surface area contributed by atoms with Gasteiger partial charge in [-0.05, 0) is 213 Å². The number of ether oxygens (including phenoxy) is 3. The normalized spacial score (nSPS) is 20.2. The van der Waals surface area contributed by atoms with Crippen molar-refractivity contribution >= 4 is 33.5 Å². The average molecular weight is 1400 g/mol. The monoisotopic (exact) mass is 1400 g/mol. The van der Waals surface area contributed by atoms with E-state index in [0.717, 1.165) is 22.5 Å². The quantitative estimate of drug-likeness (QED) is 0.0370. The number of carbonyl (C=O) groups excluding carboxylic acids is 2. The van der Waals surface area contributed by atoms with Gasteiger partial charge >= 0.3 is 0 Å². The lowest BCUT2D eigenvalue weighted by molar-refractivity contribution is 0.0394. The minimum Gasteiger partial charge on any atom is -0.489 e. The molecule has 0 bridgehead atoms. The van der Waals surface area contributed by atoms with Crippen LogP contribution in [0.2, 0.25) is 0 Å². The van der Waals surface area contributed by atoms with E-state index in [0.29, 0.717) is 85.1 Å². The number of carbonyl (C=O) groups is 2. The zero-order chi connectivity index (χ0) is 72.9. The van der Waals surface area contributed by atoms with Crippen molar-refractivity contribution in [3.8, 4) is 51.0 Å². The Morgan fingerprint density at radius 3 is 1.13 bits per heavy atom. The fourth-order valence-corrected chi connectivity index (χ4v) is 13.1. The Morgan fingerprint density at radius 2 is 0.828 bits per heavy atom. The van der Waals surface area contributed by atoms with E-state index in [-0.39, 0.29) is 81.1 Å². The molecular formula is C73H90F3N11O10S2. The maximum atomic E-state index is 13.7. The number of rotatable bonds is 19. The molecule has 0 saturated carbocycles. The van der Waals surface area contributed by atoms with E-state index in [9.17, 15) is 46.5 Å². The van der Waals surface area contributed by atoms with Crippen LogP contribution in [-0.4, -0.2) is 106 Å². The van der Waals surface area contributed by atoms with Crippen LogP contribution >= 0.6 is 0 Å². The van der Waals surface area contributed by atoms with E-state index < -0.39 is 64.9 Å². The van der Waals surface area contributed by atoms with Crippen LogP contribution in [0.4, 0.5) is 13.2 Å². The third kappa shape index (κ3) is 16.6. The fraction of sp³-hybridized carbons (Fsp3) is 0.438. The number of hydrogen-bond donors (Lipinski definition) is 7. The van der Waals surface area contributed by atoms with Crippen molar-refractivity contribution in [2.45, 2.75) is 166 Å². The van der Waals surface area contributed by atoms with Gasteiger partial charge < -0.3 is 41.0 Å².